The van der Waals surface area contributed by atoms with Crippen molar-refractivity contribution in [3.05, 3.63) is 68.3 Å². The van der Waals surface area contributed by atoms with E-state index in [1.807, 2.05) is 24.3 Å². The molecule has 7 heteroatoms. The Morgan fingerprint density at radius 1 is 1.25 bits per heavy atom. The van der Waals surface area contributed by atoms with Gasteiger partial charge in [0.05, 0.1) is 16.1 Å². The molecule has 0 spiro atoms. The minimum Gasteiger partial charge on any atom is -0.478 e. The fraction of sp³-hybridized carbons (Fsp3) is 0.118. The van der Waals surface area contributed by atoms with Crippen LogP contribution in [0.3, 0.4) is 0 Å². The van der Waals surface area contributed by atoms with E-state index in [9.17, 15) is 14.4 Å². The number of amides is 1. The number of allylic oxidation sites excluding steroid dienone is 3. The number of benzene rings is 1. The van der Waals surface area contributed by atoms with Gasteiger partial charge >= 0.3 is 10.8 Å². The zero-order valence-corrected chi connectivity index (χ0v) is 13.4. The Labute approximate surface area is 141 Å². The Morgan fingerprint density at radius 3 is 2.83 bits per heavy atom. The number of nitrogens with zero attached hydrogens (tertiary/aromatic N) is 1. The van der Waals surface area contributed by atoms with Gasteiger partial charge in [-0.05, 0) is 18.2 Å². The lowest BCUT2D eigenvalue weighted by Crippen LogP contribution is -2.26. The van der Waals surface area contributed by atoms with Crippen molar-refractivity contribution in [3.8, 4) is 0 Å². The molecule has 0 fully saturated rings. The standard InChI is InChI=1S/C17H14N2O4S/c20-15(18-12-7-5-4-6-11(12)16(21)22)10-19-13-8-2-1-3-9-14(13)24-17(19)23/h1-7,9H,8,10H2,(H,18,20)(H,21,22). The molecule has 1 amide bonds. The number of aromatic nitrogens is 1. The molecule has 2 aromatic rings. The molecule has 0 radical (unpaired) electrons. The first-order valence-electron chi connectivity index (χ1n) is 7.24. The third-order valence-electron chi connectivity index (χ3n) is 3.57. The Kier molecular flexibility index (Phi) is 4.43. The van der Waals surface area contributed by atoms with Gasteiger partial charge in [0.1, 0.15) is 6.54 Å². The number of thiazole rings is 1. The summed E-state index contributed by atoms with van der Waals surface area (Å²) in [6.45, 7) is -0.152. The number of hydrogen-bond acceptors (Lipinski definition) is 4. The zero-order valence-electron chi connectivity index (χ0n) is 12.6. The van der Waals surface area contributed by atoms with Crippen molar-refractivity contribution >= 4 is 35.0 Å². The topological polar surface area (TPSA) is 88.4 Å². The minimum absolute atomic E-state index is 0.00760. The van der Waals surface area contributed by atoms with Gasteiger partial charge in [-0.15, -0.1) is 0 Å². The van der Waals surface area contributed by atoms with Gasteiger partial charge in [-0.3, -0.25) is 14.2 Å². The number of hydrogen-bond donors (Lipinski definition) is 2. The first-order chi connectivity index (χ1) is 11.6. The van der Waals surface area contributed by atoms with E-state index in [2.05, 4.69) is 5.32 Å². The Balaban J connectivity index is 1.83. The number of carbonyl (C=O) groups is 2. The summed E-state index contributed by atoms with van der Waals surface area (Å²) in [4.78, 5) is 36.2. The zero-order chi connectivity index (χ0) is 17.1. The minimum atomic E-state index is -1.12. The summed E-state index contributed by atoms with van der Waals surface area (Å²) in [7, 11) is 0. The van der Waals surface area contributed by atoms with E-state index in [0.29, 0.717) is 6.42 Å². The summed E-state index contributed by atoms with van der Waals surface area (Å²) in [5.74, 6) is -1.56. The van der Waals surface area contributed by atoms with E-state index >= 15 is 0 Å². The first kappa shape index (κ1) is 15.9. The molecular weight excluding hydrogens is 328 g/mol. The fourth-order valence-electron chi connectivity index (χ4n) is 2.47. The van der Waals surface area contributed by atoms with Gasteiger partial charge in [0, 0.05) is 12.1 Å². The maximum Gasteiger partial charge on any atom is 0.337 e. The molecule has 0 aliphatic heterocycles. The highest BCUT2D eigenvalue weighted by molar-refractivity contribution is 7.10. The van der Waals surface area contributed by atoms with Crippen LogP contribution in [-0.4, -0.2) is 21.6 Å². The number of anilines is 1. The van der Waals surface area contributed by atoms with Crippen molar-refractivity contribution in [1.29, 1.82) is 0 Å². The predicted molar refractivity (Wildman–Crippen MR) is 92.5 cm³/mol. The average molecular weight is 342 g/mol. The van der Waals surface area contributed by atoms with Crippen LogP contribution in [0, 0.1) is 0 Å². The highest BCUT2D eigenvalue weighted by Crippen LogP contribution is 2.19. The van der Waals surface area contributed by atoms with Crippen molar-refractivity contribution in [2.75, 3.05) is 5.32 Å². The smallest absolute Gasteiger partial charge is 0.337 e. The van der Waals surface area contributed by atoms with E-state index in [0.717, 1.165) is 21.9 Å². The summed E-state index contributed by atoms with van der Waals surface area (Å²) in [5.41, 5.74) is 1.01. The molecule has 0 unspecified atom stereocenters. The fourth-order valence-corrected chi connectivity index (χ4v) is 3.40. The molecule has 1 aliphatic carbocycles. The van der Waals surface area contributed by atoms with Gasteiger partial charge in [0.25, 0.3) is 0 Å². The van der Waals surface area contributed by atoms with E-state index in [1.165, 1.54) is 16.7 Å². The van der Waals surface area contributed by atoms with Crippen LogP contribution in [-0.2, 0) is 17.8 Å². The molecule has 24 heavy (non-hydrogen) atoms. The molecule has 1 aromatic carbocycles. The number of rotatable bonds is 4. The molecule has 2 N–H and O–H groups in total. The third-order valence-corrected chi connectivity index (χ3v) is 4.55. The van der Waals surface area contributed by atoms with Gasteiger partial charge in [0.15, 0.2) is 0 Å². The van der Waals surface area contributed by atoms with Gasteiger partial charge < -0.3 is 10.4 Å². The van der Waals surface area contributed by atoms with Crippen molar-refractivity contribution in [3.63, 3.8) is 0 Å². The second kappa shape index (κ2) is 6.67. The number of fused-ring (bicyclic) bond motifs is 1. The number of para-hydroxylation sites is 1. The first-order valence-corrected chi connectivity index (χ1v) is 8.06. The lowest BCUT2D eigenvalue weighted by molar-refractivity contribution is -0.116. The lowest BCUT2D eigenvalue weighted by atomic mass is 10.2. The van der Waals surface area contributed by atoms with E-state index in [4.69, 9.17) is 5.11 Å². The highest BCUT2D eigenvalue weighted by Gasteiger charge is 2.17. The molecule has 1 aliphatic rings. The Hall–Kier alpha value is -2.93. The summed E-state index contributed by atoms with van der Waals surface area (Å²) in [6, 6.07) is 6.15. The summed E-state index contributed by atoms with van der Waals surface area (Å²) in [6.07, 6.45) is 8.09. The Bertz CT molecular complexity index is 921. The van der Waals surface area contributed by atoms with Crippen molar-refractivity contribution < 1.29 is 14.7 Å². The van der Waals surface area contributed by atoms with Crippen LogP contribution < -0.4 is 10.2 Å². The molecule has 0 bridgehead atoms. The summed E-state index contributed by atoms with van der Waals surface area (Å²) >= 11 is 1.09. The summed E-state index contributed by atoms with van der Waals surface area (Å²) in [5, 5.41) is 11.7. The monoisotopic (exact) mass is 342 g/mol. The highest BCUT2D eigenvalue weighted by atomic mass is 32.1. The molecule has 1 aromatic heterocycles. The van der Waals surface area contributed by atoms with Crippen LogP contribution in [0.1, 0.15) is 20.9 Å². The van der Waals surface area contributed by atoms with Crippen molar-refractivity contribution in [1.82, 2.24) is 4.57 Å². The van der Waals surface area contributed by atoms with Crippen LogP contribution in [0.4, 0.5) is 5.69 Å². The molecule has 122 valence electrons. The van der Waals surface area contributed by atoms with E-state index in [1.54, 1.807) is 12.1 Å². The number of aromatic carboxylic acids is 1. The van der Waals surface area contributed by atoms with Gasteiger partial charge in [-0.1, -0.05) is 41.7 Å². The van der Waals surface area contributed by atoms with E-state index < -0.39 is 11.9 Å². The summed E-state index contributed by atoms with van der Waals surface area (Å²) < 4.78 is 1.43. The molecule has 3 rings (SSSR count). The number of nitrogens with one attached hydrogen (secondary N) is 1. The van der Waals surface area contributed by atoms with Crippen LogP contribution >= 0.6 is 11.3 Å². The largest absolute Gasteiger partial charge is 0.478 e. The number of carboxylic acid groups (broad SMARTS) is 1. The molecular formula is C17H14N2O4S. The molecule has 0 atom stereocenters. The van der Waals surface area contributed by atoms with Gasteiger partial charge in [-0.25, -0.2) is 4.79 Å². The maximum absolute atomic E-state index is 12.3. The second-order valence-corrected chi connectivity index (χ2v) is 6.15. The quantitative estimate of drug-likeness (QED) is 0.893. The predicted octanol–water partition coefficient (Wildman–Crippen LogP) is 2.37. The van der Waals surface area contributed by atoms with Crippen LogP contribution in [0.2, 0.25) is 0 Å². The average Bonchev–Trinajstić information content (AvgIpc) is 2.72. The van der Waals surface area contributed by atoms with Crippen molar-refractivity contribution in [2.45, 2.75) is 13.0 Å². The van der Waals surface area contributed by atoms with Crippen LogP contribution in [0.5, 0.6) is 0 Å². The lowest BCUT2D eigenvalue weighted by Gasteiger charge is -2.10. The Morgan fingerprint density at radius 2 is 2.04 bits per heavy atom. The second-order valence-electron chi connectivity index (χ2n) is 5.16. The maximum atomic E-state index is 12.3. The van der Waals surface area contributed by atoms with Crippen molar-refractivity contribution in [2.24, 2.45) is 0 Å². The SMILES string of the molecule is O=C(Cn1c2c(sc1=O)C=CC=CC2)Nc1ccccc1C(=O)O. The van der Waals surface area contributed by atoms with Crippen LogP contribution in [0.25, 0.3) is 6.08 Å². The number of carboxylic acids is 1. The van der Waals surface area contributed by atoms with Crippen LogP contribution in [0.15, 0.2) is 47.3 Å². The molecule has 1 heterocycles. The molecule has 0 saturated carbocycles. The number of carbonyl (C=O) groups excluding carboxylic acids is 1. The third kappa shape index (κ3) is 3.21. The van der Waals surface area contributed by atoms with Gasteiger partial charge in [0.2, 0.25) is 5.91 Å². The molecule has 0 saturated heterocycles. The molecule has 6 nitrogen and oxygen atoms in total. The normalized spacial score (nSPS) is 12.5. The van der Waals surface area contributed by atoms with Gasteiger partial charge in [-0.2, -0.15) is 0 Å². The van der Waals surface area contributed by atoms with E-state index in [-0.39, 0.29) is 22.7 Å².